The van der Waals surface area contributed by atoms with Crippen LogP contribution in [0.3, 0.4) is 0 Å². The first-order chi connectivity index (χ1) is 10.6. The number of hydrogen-bond donors (Lipinski definition) is 2. The Morgan fingerprint density at radius 1 is 1.22 bits per heavy atom. The highest BCUT2D eigenvalue weighted by molar-refractivity contribution is 5.84. The maximum Gasteiger partial charge on any atom is 0.326 e. The molecule has 1 aliphatic heterocycles. The zero-order chi connectivity index (χ0) is 17.5. The molecule has 1 aliphatic rings. The van der Waals surface area contributed by atoms with Crippen molar-refractivity contribution in [1.82, 2.24) is 0 Å². The Bertz CT molecular complexity index is 610. The minimum absolute atomic E-state index is 0.0384. The number of aryl methyl sites for hydroxylation is 2. The van der Waals surface area contributed by atoms with Gasteiger partial charge in [-0.05, 0) is 55.9 Å². The number of benzene rings is 1. The third-order valence-corrected chi connectivity index (χ3v) is 5.34. The molecule has 1 aromatic carbocycles. The maximum absolute atomic E-state index is 11.9. The molecule has 0 aliphatic carbocycles. The Hall–Kier alpha value is -1.71. The molecule has 1 aromatic rings. The Balaban J connectivity index is 2.61. The Kier molecular flexibility index (Phi) is 4.65. The van der Waals surface area contributed by atoms with Gasteiger partial charge in [0.15, 0.2) is 0 Å². The molecule has 2 rings (SSSR count). The van der Waals surface area contributed by atoms with Crippen LogP contribution >= 0.6 is 0 Å². The highest BCUT2D eigenvalue weighted by Crippen LogP contribution is 2.41. The molecule has 0 radical (unpaired) electrons. The number of rotatable bonds is 4. The summed E-state index contributed by atoms with van der Waals surface area (Å²) in [5, 5.41) is 13.5. The Labute approximate surface area is 139 Å². The van der Waals surface area contributed by atoms with Crippen LogP contribution in [-0.4, -0.2) is 29.2 Å². The number of carboxylic acid groups (broad SMARTS) is 1. The van der Waals surface area contributed by atoms with E-state index in [4.69, 9.17) is 0 Å². The lowest BCUT2D eigenvalue weighted by atomic mass is 9.83. The van der Waals surface area contributed by atoms with Crippen LogP contribution in [0.5, 0.6) is 0 Å². The summed E-state index contributed by atoms with van der Waals surface area (Å²) in [6.07, 6.45) is 0. The lowest BCUT2D eigenvalue weighted by Gasteiger charge is -2.49. The van der Waals surface area contributed by atoms with Crippen LogP contribution in [0.25, 0.3) is 0 Å². The molecule has 0 spiro atoms. The van der Waals surface area contributed by atoms with E-state index < -0.39 is 12.0 Å². The first kappa shape index (κ1) is 17.6. The fourth-order valence-corrected chi connectivity index (χ4v) is 3.28. The van der Waals surface area contributed by atoms with Gasteiger partial charge in [-0.25, -0.2) is 4.79 Å². The largest absolute Gasteiger partial charge is 0.480 e. The van der Waals surface area contributed by atoms with Gasteiger partial charge in [0.2, 0.25) is 0 Å². The molecule has 0 saturated carbocycles. The third-order valence-electron chi connectivity index (χ3n) is 5.34. The molecule has 0 bridgehead atoms. The van der Waals surface area contributed by atoms with Crippen LogP contribution in [0.2, 0.25) is 0 Å². The Morgan fingerprint density at radius 2 is 1.78 bits per heavy atom. The lowest BCUT2D eigenvalue weighted by molar-refractivity contribution is -0.139. The van der Waals surface area contributed by atoms with Crippen molar-refractivity contribution in [1.29, 1.82) is 0 Å². The number of hydrogen-bond acceptors (Lipinski definition) is 3. The van der Waals surface area contributed by atoms with E-state index in [1.807, 2.05) is 13.8 Å². The zero-order valence-electron chi connectivity index (χ0n) is 15.4. The first-order valence-electron chi connectivity index (χ1n) is 8.45. The summed E-state index contributed by atoms with van der Waals surface area (Å²) in [5.74, 6) is -0.324. The normalized spacial score (nSPS) is 22.0. The van der Waals surface area contributed by atoms with Gasteiger partial charge in [0.1, 0.15) is 6.04 Å². The van der Waals surface area contributed by atoms with E-state index in [1.54, 1.807) is 0 Å². The second kappa shape index (κ2) is 6.06. The van der Waals surface area contributed by atoms with Gasteiger partial charge in [0.25, 0.3) is 0 Å². The van der Waals surface area contributed by atoms with E-state index in [-0.39, 0.29) is 11.5 Å². The van der Waals surface area contributed by atoms with E-state index >= 15 is 0 Å². The molecule has 0 amide bonds. The monoisotopic (exact) mass is 318 g/mol. The van der Waals surface area contributed by atoms with Crippen molar-refractivity contribution in [2.75, 3.05) is 16.8 Å². The van der Waals surface area contributed by atoms with Crippen molar-refractivity contribution in [2.45, 2.75) is 60.0 Å². The molecule has 4 heteroatoms. The standard InChI is InChI=1S/C19H30N2O2/c1-11(2)17(18(22)23)21-10-19(7,12(3)4)20-15-8-13(5)14(6)9-16(15)21/h8-9,11-12,17,20H,10H2,1-7H3,(H,22,23). The minimum Gasteiger partial charge on any atom is -0.480 e. The summed E-state index contributed by atoms with van der Waals surface area (Å²) in [6.45, 7) is 15.4. The molecule has 23 heavy (non-hydrogen) atoms. The van der Waals surface area contributed by atoms with Crippen molar-refractivity contribution in [3.8, 4) is 0 Å². The number of carbonyl (C=O) groups is 1. The van der Waals surface area contributed by atoms with Crippen LogP contribution in [-0.2, 0) is 4.79 Å². The number of aliphatic carboxylic acids is 1. The van der Waals surface area contributed by atoms with Crippen LogP contribution in [0.1, 0.15) is 45.7 Å². The van der Waals surface area contributed by atoms with Crippen molar-refractivity contribution < 1.29 is 9.90 Å². The topological polar surface area (TPSA) is 52.6 Å². The highest BCUT2D eigenvalue weighted by Gasteiger charge is 2.41. The molecule has 2 atom stereocenters. The number of carboxylic acids is 1. The minimum atomic E-state index is -0.753. The predicted molar refractivity (Wildman–Crippen MR) is 96.4 cm³/mol. The highest BCUT2D eigenvalue weighted by atomic mass is 16.4. The van der Waals surface area contributed by atoms with Gasteiger partial charge < -0.3 is 15.3 Å². The van der Waals surface area contributed by atoms with Gasteiger partial charge in [0.05, 0.1) is 16.9 Å². The number of anilines is 2. The maximum atomic E-state index is 11.9. The van der Waals surface area contributed by atoms with Gasteiger partial charge in [-0.1, -0.05) is 27.7 Å². The van der Waals surface area contributed by atoms with Crippen molar-refractivity contribution in [3.05, 3.63) is 23.3 Å². The summed E-state index contributed by atoms with van der Waals surface area (Å²) >= 11 is 0. The van der Waals surface area contributed by atoms with E-state index in [0.717, 1.165) is 11.4 Å². The zero-order valence-corrected chi connectivity index (χ0v) is 15.4. The first-order valence-corrected chi connectivity index (χ1v) is 8.45. The van der Waals surface area contributed by atoms with Crippen molar-refractivity contribution >= 4 is 17.3 Å². The van der Waals surface area contributed by atoms with Crippen LogP contribution in [0.4, 0.5) is 11.4 Å². The predicted octanol–water partition coefficient (Wildman–Crippen LogP) is 4.06. The van der Waals surface area contributed by atoms with Crippen LogP contribution < -0.4 is 10.2 Å². The van der Waals surface area contributed by atoms with Gasteiger partial charge in [-0.3, -0.25) is 0 Å². The number of fused-ring (bicyclic) bond motifs is 1. The Morgan fingerprint density at radius 3 is 2.26 bits per heavy atom. The molecule has 2 N–H and O–H groups in total. The molecule has 1 heterocycles. The summed E-state index contributed by atoms with van der Waals surface area (Å²) in [5.41, 5.74) is 4.31. The third kappa shape index (κ3) is 3.17. The smallest absolute Gasteiger partial charge is 0.326 e. The lowest BCUT2D eigenvalue weighted by Crippen LogP contribution is -2.59. The molecule has 2 unspecified atom stereocenters. The molecule has 0 aromatic heterocycles. The average molecular weight is 318 g/mol. The molecule has 128 valence electrons. The van der Waals surface area contributed by atoms with E-state index in [9.17, 15) is 9.90 Å². The van der Waals surface area contributed by atoms with Crippen LogP contribution in [0.15, 0.2) is 12.1 Å². The quantitative estimate of drug-likeness (QED) is 0.879. The van der Waals surface area contributed by atoms with Crippen molar-refractivity contribution in [3.63, 3.8) is 0 Å². The summed E-state index contributed by atoms with van der Waals surface area (Å²) in [4.78, 5) is 14.0. The number of nitrogens with one attached hydrogen (secondary N) is 1. The average Bonchev–Trinajstić information content (AvgIpc) is 2.40. The molecular formula is C19H30N2O2. The molecule has 0 saturated heterocycles. The molecular weight excluding hydrogens is 288 g/mol. The van der Waals surface area contributed by atoms with E-state index in [2.05, 4.69) is 57.0 Å². The summed E-state index contributed by atoms with van der Waals surface area (Å²) in [6, 6.07) is 3.75. The van der Waals surface area contributed by atoms with Crippen LogP contribution in [0, 0.1) is 25.7 Å². The van der Waals surface area contributed by atoms with Gasteiger partial charge in [-0.15, -0.1) is 0 Å². The van der Waals surface area contributed by atoms with E-state index in [1.165, 1.54) is 11.1 Å². The fourth-order valence-electron chi connectivity index (χ4n) is 3.28. The summed E-state index contributed by atoms with van der Waals surface area (Å²) < 4.78 is 0. The van der Waals surface area contributed by atoms with E-state index in [0.29, 0.717) is 12.5 Å². The second-order valence-corrected chi connectivity index (χ2v) is 7.81. The van der Waals surface area contributed by atoms with Gasteiger partial charge in [-0.2, -0.15) is 0 Å². The second-order valence-electron chi connectivity index (χ2n) is 7.81. The van der Waals surface area contributed by atoms with Gasteiger partial charge >= 0.3 is 5.97 Å². The fraction of sp³-hybridized carbons (Fsp3) is 0.632. The molecule has 4 nitrogen and oxygen atoms in total. The summed E-state index contributed by atoms with van der Waals surface area (Å²) in [7, 11) is 0. The van der Waals surface area contributed by atoms with Gasteiger partial charge in [0, 0.05) is 6.54 Å². The SMILES string of the molecule is Cc1cc2c(cc1C)N(C(C(=O)O)C(C)C)CC(C)(C(C)C)N2. The van der Waals surface area contributed by atoms with Crippen molar-refractivity contribution in [2.24, 2.45) is 11.8 Å². The molecule has 0 fully saturated rings. The number of nitrogens with zero attached hydrogens (tertiary/aromatic N) is 1.